The number of hydrogen-bond acceptors (Lipinski definition) is 3. The lowest BCUT2D eigenvalue weighted by atomic mass is 10.2. The number of nitrogens with zero attached hydrogens (tertiary/aromatic N) is 3. The maximum atomic E-state index is 12.6. The molecular weight excluding hydrogens is 333 g/mol. The summed E-state index contributed by atoms with van der Waals surface area (Å²) in [5.41, 5.74) is 1.50. The van der Waals surface area contributed by atoms with E-state index in [1.807, 2.05) is 0 Å². The quantitative estimate of drug-likeness (QED) is 0.781. The lowest BCUT2D eigenvalue weighted by Crippen LogP contribution is -2.26. The molecule has 0 N–H and O–H groups in total. The van der Waals surface area contributed by atoms with Crippen LogP contribution in [-0.2, 0) is 29.5 Å². The summed E-state index contributed by atoms with van der Waals surface area (Å²) in [4.78, 5) is 0.0636. The second kappa shape index (κ2) is 6.36. The average Bonchev–Trinajstić information content (AvgIpc) is 2.84. The largest absolute Gasteiger partial charge is 0.275 e. The third-order valence-electron chi connectivity index (χ3n) is 3.00. The van der Waals surface area contributed by atoms with Gasteiger partial charge in [0.05, 0.1) is 11.2 Å². The highest BCUT2D eigenvalue weighted by molar-refractivity contribution is 7.89. The number of rotatable bonds is 5. The Bertz CT molecular complexity index is 744. The van der Waals surface area contributed by atoms with Crippen LogP contribution in [0.25, 0.3) is 0 Å². The van der Waals surface area contributed by atoms with Crippen molar-refractivity contribution < 1.29 is 8.42 Å². The van der Waals surface area contributed by atoms with Crippen molar-refractivity contribution in [3.63, 3.8) is 0 Å². The van der Waals surface area contributed by atoms with Gasteiger partial charge < -0.3 is 0 Å². The minimum absolute atomic E-state index is 0.0636. The standard InChI is InChI=1S/C13H15Cl2N3O2S/c1-17-8-11(7-16-17)9-18(2)21(19,20)13-5-10(6-14)3-4-12(13)15/h3-5,7-8H,6,9H2,1-2H3. The molecule has 0 bridgehead atoms. The highest BCUT2D eigenvalue weighted by atomic mass is 35.5. The van der Waals surface area contributed by atoms with Crippen LogP contribution < -0.4 is 0 Å². The van der Waals surface area contributed by atoms with E-state index in [0.717, 1.165) is 5.56 Å². The van der Waals surface area contributed by atoms with E-state index in [2.05, 4.69) is 5.10 Å². The summed E-state index contributed by atoms with van der Waals surface area (Å²) in [5.74, 6) is 0.228. The number of alkyl halides is 1. The minimum Gasteiger partial charge on any atom is -0.275 e. The van der Waals surface area contributed by atoms with Crippen LogP contribution >= 0.6 is 23.2 Å². The van der Waals surface area contributed by atoms with E-state index in [4.69, 9.17) is 23.2 Å². The molecule has 1 aromatic heterocycles. The Morgan fingerprint density at radius 2 is 2.05 bits per heavy atom. The summed E-state index contributed by atoms with van der Waals surface area (Å²) in [5, 5.41) is 4.20. The van der Waals surface area contributed by atoms with Gasteiger partial charge in [-0.25, -0.2) is 8.42 Å². The summed E-state index contributed by atoms with van der Waals surface area (Å²) in [6.45, 7) is 0.220. The number of halogens is 2. The van der Waals surface area contributed by atoms with Gasteiger partial charge in [-0.3, -0.25) is 4.68 Å². The smallest absolute Gasteiger partial charge is 0.244 e. The van der Waals surface area contributed by atoms with Gasteiger partial charge in [0, 0.05) is 38.3 Å². The van der Waals surface area contributed by atoms with Crippen LogP contribution in [0.1, 0.15) is 11.1 Å². The van der Waals surface area contributed by atoms with E-state index in [0.29, 0.717) is 5.56 Å². The molecule has 0 aliphatic rings. The van der Waals surface area contributed by atoms with E-state index in [9.17, 15) is 8.42 Å². The van der Waals surface area contributed by atoms with Crippen molar-refractivity contribution in [1.29, 1.82) is 0 Å². The van der Waals surface area contributed by atoms with E-state index in [1.165, 1.54) is 17.4 Å². The first-order chi connectivity index (χ1) is 9.84. The molecule has 0 radical (unpaired) electrons. The van der Waals surface area contributed by atoms with E-state index in [-0.39, 0.29) is 22.3 Å². The predicted molar refractivity (Wildman–Crippen MR) is 82.9 cm³/mol. The van der Waals surface area contributed by atoms with E-state index < -0.39 is 10.0 Å². The number of hydrogen-bond donors (Lipinski definition) is 0. The monoisotopic (exact) mass is 347 g/mol. The zero-order valence-corrected chi connectivity index (χ0v) is 14.0. The molecule has 0 fully saturated rings. The topological polar surface area (TPSA) is 55.2 Å². The van der Waals surface area contributed by atoms with Crippen LogP contribution in [0.4, 0.5) is 0 Å². The molecule has 21 heavy (non-hydrogen) atoms. The van der Waals surface area contributed by atoms with Gasteiger partial charge in [-0.2, -0.15) is 9.40 Å². The molecule has 8 heteroatoms. The van der Waals surface area contributed by atoms with Crippen LogP contribution in [-0.4, -0.2) is 29.6 Å². The highest BCUT2D eigenvalue weighted by Crippen LogP contribution is 2.26. The fraction of sp³-hybridized carbons (Fsp3) is 0.308. The Morgan fingerprint density at radius 3 is 2.62 bits per heavy atom. The Morgan fingerprint density at radius 1 is 1.33 bits per heavy atom. The van der Waals surface area contributed by atoms with Crippen molar-refractivity contribution in [2.45, 2.75) is 17.3 Å². The van der Waals surface area contributed by atoms with Gasteiger partial charge in [-0.15, -0.1) is 11.6 Å². The first-order valence-corrected chi connectivity index (χ1v) is 8.48. The second-order valence-corrected chi connectivity index (χ2v) is 7.37. The maximum Gasteiger partial charge on any atom is 0.244 e. The van der Waals surface area contributed by atoms with E-state index in [1.54, 1.807) is 36.3 Å². The fourth-order valence-electron chi connectivity index (χ4n) is 1.89. The normalized spacial score (nSPS) is 12.0. The highest BCUT2D eigenvalue weighted by Gasteiger charge is 2.24. The van der Waals surface area contributed by atoms with Crippen molar-refractivity contribution >= 4 is 33.2 Å². The molecule has 2 rings (SSSR count). The number of benzene rings is 1. The molecule has 1 heterocycles. The Kier molecular flexibility index (Phi) is 4.93. The van der Waals surface area contributed by atoms with E-state index >= 15 is 0 Å². The van der Waals surface area contributed by atoms with Crippen LogP contribution in [0.3, 0.4) is 0 Å². The van der Waals surface area contributed by atoms with Crippen molar-refractivity contribution in [2.24, 2.45) is 7.05 Å². The lowest BCUT2D eigenvalue weighted by Gasteiger charge is -2.17. The molecule has 0 atom stereocenters. The van der Waals surface area contributed by atoms with Gasteiger partial charge in [-0.1, -0.05) is 17.7 Å². The molecule has 1 aromatic carbocycles. The minimum atomic E-state index is -3.69. The fourth-order valence-corrected chi connectivity index (χ4v) is 3.74. The number of aryl methyl sites for hydroxylation is 1. The molecular formula is C13H15Cl2N3O2S. The number of sulfonamides is 1. The van der Waals surface area contributed by atoms with Crippen molar-refractivity contribution in [3.8, 4) is 0 Å². The molecule has 0 unspecified atom stereocenters. The molecule has 2 aromatic rings. The van der Waals surface area contributed by atoms with Crippen molar-refractivity contribution in [2.75, 3.05) is 7.05 Å². The maximum absolute atomic E-state index is 12.6. The third-order valence-corrected chi connectivity index (χ3v) is 5.60. The Hall–Kier alpha value is -1.08. The van der Waals surface area contributed by atoms with Crippen molar-refractivity contribution in [3.05, 3.63) is 46.7 Å². The Labute approximate surface area is 134 Å². The Balaban J connectivity index is 2.32. The summed E-state index contributed by atoms with van der Waals surface area (Å²) in [7, 11) is -0.403. The van der Waals surface area contributed by atoms with Gasteiger partial charge in [0.2, 0.25) is 10.0 Å². The predicted octanol–water partition coefficient (Wildman–Crippen LogP) is 2.63. The molecule has 0 saturated carbocycles. The summed E-state index contributed by atoms with van der Waals surface area (Å²) in [6.07, 6.45) is 3.39. The van der Waals surface area contributed by atoms with Gasteiger partial charge >= 0.3 is 0 Å². The third kappa shape index (κ3) is 3.58. The van der Waals surface area contributed by atoms with Gasteiger partial charge in [-0.05, 0) is 17.7 Å². The first-order valence-electron chi connectivity index (χ1n) is 6.13. The zero-order chi connectivity index (χ0) is 15.6. The molecule has 5 nitrogen and oxygen atoms in total. The molecule has 0 aliphatic carbocycles. The lowest BCUT2D eigenvalue weighted by molar-refractivity contribution is 0.466. The van der Waals surface area contributed by atoms with Crippen molar-refractivity contribution in [1.82, 2.24) is 14.1 Å². The molecule has 0 aliphatic heterocycles. The molecule has 0 spiro atoms. The summed E-state index contributed by atoms with van der Waals surface area (Å²) >= 11 is 11.8. The molecule has 0 amide bonds. The van der Waals surface area contributed by atoms with Crippen LogP contribution in [0.2, 0.25) is 5.02 Å². The summed E-state index contributed by atoms with van der Waals surface area (Å²) < 4.78 is 28.1. The average molecular weight is 348 g/mol. The van der Waals surface area contributed by atoms with Crippen LogP contribution in [0.15, 0.2) is 35.5 Å². The summed E-state index contributed by atoms with van der Waals surface area (Å²) in [6, 6.07) is 4.75. The second-order valence-electron chi connectivity index (χ2n) is 4.68. The molecule has 0 saturated heterocycles. The van der Waals surface area contributed by atoms with Crippen LogP contribution in [0.5, 0.6) is 0 Å². The molecule has 114 valence electrons. The van der Waals surface area contributed by atoms with Gasteiger partial charge in [0.25, 0.3) is 0 Å². The first kappa shape index (κ1) is 16.3. The number of aromatic nitrogens is 2. The van der Waals surface area contributed by atoms with Gasteiger partial charge in [0.1, 0.15) is 4.90 Å². The van der Waals surface area contributed by atoms with Crippen LogP contribution in [0, 0.1) is 0 Å². The SMILES string of the molecule is CN(Cc1cnn(C)c1)S(=O)(=O)c1cc(CCl)ccc1Cl. The van der Waals surface area contributed by atoms with Gasteiger partial charge in [0.15, 0.2) is 0 Å². The zero-order valence-electron chi connectivity index (χ0n) is 11.6.